The van der Waals surface area contributed by atoms with Crippen molar-refractivity contribution in [3.8, 4) is 0 Å². The molecule has 0 fully saturated rings. The Morgan fingerprint density at radius 2 is 2.10 bits per heavy atom. The largest absolute Gasteiger partial charge is 0.419 e. The number of rotatable bonds is 2. The molecule has 0 aromatic heterocycles. The zero-order chi connectivity index (χ0) is 15.0. The van der Waals surface area contributed by atoms with Crippen LogP contribution in [-0.4, -0.2) is 16.5 Å². The Labute approximate surface area is 118 Å². The van der Waals surface area contributed by atoms with Crippen LogP contribution < -0.4 is 5.32 Å². The first-order valence-electron chi connectivity index (χ1n) is 6.10. The second kappa shape index (κ2) is 5.27. The summed E-state index contributed by atoms with van der Waals surface area (Å²) < 4.78 is 51.0. The third-order valence-electron chi connectivity index (χ3n) is 3.18. The zero-order valence-electron chi connectivity index (χ0n) is 11.0. The Kier molecular flexibility index (Phi) is 4.00. The number of aliphatic imine (C=N–C) groups is 1. The number of halogens is 4. The van der Waals surface area contributed by atoms with Crippen LogP contribution >= 0.6 is 11.8 Å². The molecule has 20 heavy (non-hydrogen) atoms. The molecule has 0 saturated carbocycles. The molecule has 2 nitrogen and oxygen atoms in total. The van der Waals surface area contributed by atoms with Crippen LogP contribution in [0, 0.1) is 5.82 Å². The summed E-state index contributed by atoms with van der Waals surface area (Å²) in [5, 5.41) is 3.38. The lowest BCUT2D eigenvalue weighted by atomic mass is 10.0. The van der Waals surface area contributed by atoms with Gasteiger partial charge in [-0.15, -0.1) is 0 Å². The van der Waals surface area contributed by atoms with E-state index in [1.165, 1.54) is 17.8 Å². The molecule has 110 valence electrons. The Bertz CT molecular complexity index is 542. The van der Waals surface area contributed by atoms with Gasteiger partial charge in [-0.1, -0.05) is 18.7 Å². The van der Waals surface area contributed by atoms with Gasteiger partial charge in [0.15, 0.2) is 5.17 Å². The number of hydrogen-bond donors (Lipinski definition) is 1. The average molecular weight is 306 g/mol. The predicted octanol–water partition coefficient (Wildman–Crippen LogP) is 4.53. The van der Waals surface area contributed by atoms with E-state index in [1.54, 1.807) is 0 Å². The minimum atomic E-state index is -4.70. The second-order valence-corrected chi connectivity index (χ2v) is 5.84. The molecule has 1 atom stereocenters. The predicted molar refractivity (Wildman–Crippen MR) is 73.6 cm³/mol. The Balaban J connectivity index is 2.22. The number of nitrogens with one attached hydrogen (secondary N) is 1. The maximum atomic E-state index is 13.2. The molecule has 0 spiro atoms. The van der Waals surface area contributed by atoms with Crippen LogP contribution in [0.1, 0.15) is 25.8 Å². The molecule has 1 unspecified atom stereocenters. The normalized spacial score (nSPS) is 22.8. The fraction of sp³-hybridized carbons (Fsp3) is 0.462. The molecule has 0 amide bonds. The number of anilines is 1. The molecule has 1 aromatic rings. The zero-order valence-corrected chi connectivity index (χ0v) is 11.8. The molecule has 0 bridgehead atoms. The lowest BCUT2D eigenvalue weighted by Crippen LogP contribution is -2.20. The Morgan fingerprint density at radius 3 is 2.65 bits per heavy atom. The highest BCUT2D eigenvalue weighted by molar-refractivity contribution is 8.14. The van der Waals surface area contributed by atoms with Crippen molar-refractivity contribution < 1.29 is 17.6 Å². The molecule has 0 aliphatic carbocycles. The van der Waals surface area contributed by atoms with Crippen LogP contribution in [0.3, 0.4) is 0 Å². The van der Waals surface area contributed by atoms with Gasteiger partial charge in [0.25, 0.3) is 0 Å². The SMILES string of the molecule is CCC1(C)CSC(Nc2ccc(F)c(C(F)(F)F)c2)=N1. The van der Waals surface area contributed by atoms with Gasteiger partial charge in [-0.2, -0.15) is 13.2 Å². The third kappa shape index (κ3) is 3.26. The smallest absolute Gasteiger partial charge is 0.335 e. The minimum absolute atomic E-state index is 0.185. The molecule has 1 N–H and O–H groups in total. The van der Waals surface area contributed by atoms with Gasteiger partial charge in [0.2, 0.25) is 0 Å². The lowest BCUT2D eigenvalue weighted by molar-refractivity contribution is -0.139. The van der Waals surface area contributed by atoms with Crippen molar-refractivity contribution in [2.75, 3.05) is 11.1 Å². The van der Waals surface area contributed by atoms with Crippen LogP contribution in [0.15, 0.2) is 23.2 Å². The van der Waals surface area contributed by atoms with E-state index < -0.39 is 17.6 Å². The standard InChI is InChI=1S/C13H14F4N2S/c1-3-12(2)7-20-11(19-12)18-8-4-5-10(14)9(6-8)13(15,16)17/h4-6H,3,7H2,1-2H3,(H,18,19). The summed E-state index contributed by atoms with van der Waals surface area (Å²) >= 11 is 1.45. The number of alkyl halides is 3. The van der Waals surface area contributed by atoms with E-state index in [9.17, 15) is 17.6 Å². The van der Waals surface area contributed by atoms with Gasteiger partial charge < -0.3 is 5.32 Å². The van der Waals surface area contributed by atoms with Gasteiger partial charge in [-0.05, 0) is 31.5 Å². The van der Waals surface area contributed by atoms with Gasteiger partial charge in [-0.25, -0.2) is 4.39 Å². The van der Waals surface area contributed by atoms with Crippen LogP contribution in [-0.2, 0) is 6.18 Å². The summed E-state index contributed by atoms with van der Waals surface area (Å²) in [6.07, 6.45) is -3.85. The summed E-state index contributed by atoms with van der Waals surface area (Å²) in [4.78, 5) is 4.44. The van der Waals surface area contributed by atoms with Crippen molar-refractivity contribution >= 4 is 22.6 Å². The maximum Gasteiger partial charge on any atom is 0.419 e. The molecular weight excluding hydrogens is 292 g/mol. The van der Waals surface area contributed by atoms with Gasteiger partial charge in [0.1, 0.15) is 5.82 Å². The quantitative estimate of drug-likeness (QED) is 0.812. The molecule has 1 heterocycles. The van der Waals surface area contributed by atoms with Crippen molar-refractivity contribution in [3.63, 3.8) is 0 Å². The van der Waals surface area contributed by atoms with Crippen LogP contribution in [0.4, 0.5) is 23.2 Å². The number of thioether (sulfide) groups is 1. The summed E-state index contributed by atoms with van der Waals surface area (Å²) in [7, 11) is 0. The van der Waals surface area contributed by atoms with Crippen molar-refractivity contribution in [2.24, 2.45) is 4.99 Å². The first kappa shape index (κ1) is 15.2. The molecule has 0 saturated heterocycles. The van der Waals surface area contributed by atoms with E-state index in [0.717, 1.165) is 24.3 Å². The number of nitrogens with zero attached hydrogens (tertiary/aromatic N) is 1. The Morgan fingerprint density at radius 1 is 1.40 bits per heavy atom. The first-order valence-corrected chi connectivity index (χ1v) is 7.08. The van der Waals surface area contributed by atoms with Crippen LogP contribution in [0.5, 0.6) is 0 Å². The molecule has 1 aliphatic rings. The fourth-order valence-electron chi connectivity index (χ4n) is 1.72. The monoisotopic (exact) mass is 306 g/mol. The number of hydrogen-bond acceptors (Lipinski definition) is 3. The van der Waals surface area contributed by atoms with Gasteiger partial charge in [0, 0.05) is 11.4 Å². The Hall–Kier alpha value is -1.24. The third-order valence-corrected chi connectivity index (χ3v) is 4.41. The van der Waals surface area contributed by atoms with Crippen LogP contribution in [0.25, 0.3) is 0 Å². The first-order chi connectivity index (χ1) is 9.23. The summed E-state index contributed by atoms with van der Waals surface area (Å²) in [5.41, 5.74) is -1.28. The van der Waals surface area contributed by atoms with Crippen molar-refractivity contribution in [1.29, 1.82) is 0 Å². The van der Waals surface area contributed by atoms with Gasteiger partial charge in [0.05, 0.1) is 11.1 Å². The van der Waals surface area contributed by atoms with E-state index in [2.05, 4.69) is 10.3 Å². The van der Waals surface area contributed by atoms with Crippen molar-refractivity contribution in [1.82, 2.24) is 0 Å². The molecule has 2 rings (SSSR count). The maximum absolute atomic E-state index is 13.2. The van der Waals surface area contributed by atoms with E-state index in [4.69, 9.17) is 0 Å². The molecule has 1 aliphatic heterocycles. The lowest BCUT2D eigenvalue weighted by Gasteiger charge is -2.15. The van der Waals surface area contributed by atoms with E-state index in [-0.39, 0.29) is 11.2 Å². The highest BCUT2D eigenvalue weighted by atomic mass is 32.2. The van der Waals surface area contributed by atoms with Crippen molar-refractivity contribution in [2.45, 2.75) is 32.0 Å². The number of benzene rings is 1. The highest BCUT2D eigenvalue weighted by Crippen LogP contribution is 2.34. The van der Waals surface area contributed by atoms with E-state index in [1.807, 2.05) is 13.8 Å². The van der Waals surface area contributed by atoms with Gasteiger partial charge in [-0.3, -0.25) is 4.99 Å². The molecule has 0 radical (unpaired) electrons. The second-order valence-electron chi connectivity index (χ2n) is 4.87. The topological polar surface area (TPSA) is 24.4 Å². The number of amidine groups is 1. The van der Waals surface area contributed by atoms with Gasteiger partial charge >= 0.3 is 6.18 Å². The molecule has 1 aromatic carbocycles. The van der Waals surface area contributed by atoms with E-state index >= 15 is 0 Å². The average Bonchev–Trinajstić information content (AvgIpc) is 2.73. The molecular formula is C13H14F4N2S. The summed E-state index contributed by atoms with van der Waals surface area (Å²) in [6.45, 7) is 3.99. The summed E-state index contributed by atoms with van der Waals surface area (Å²) in [5.74, 6) is -0.499. The highest BCUT2D eigenvalue weighted by Gasteiger charge is 2.34. The van der Waals surface area contributed by atoms with E-state index in [0.29, 0.717) is 5.17 Å². The minimum Gasteiger partial charge on any atom is -0.335 e. The van der Waals surface area contributed by atoms with Crippen molar-refractivity contribution in [3.05, 3.63) is 29.6 Å². The van der Waals surface area contributed by atoms with Crippen LogP contribution in [0.2, 0.25) is 0 Å². The molecule has 7 heteroatoms. The summed E-state index contributed by atoms with van der Waals surface area (Å²) in [6, 6.07) is 2.85. The fourth-order valence-corrected chi connectivity index (χ4v) is 2.91.